The minimum Gasteiger partial charge on any atom is -0.467 e. The lowest BCUT2D eigenvalue weighted by molar-refractivity contribution is -0.145. The maximum atomic E-state index is 13.3. The Labute approximate surface area is 254 Å². The van der Waals surface area contributed by atoms with Gasteiger partial charge >= 0.3 is 12.1 Å². The van der Waals surface area contributed by atoms with E-state index >= 15 is 0 Å². The summed E-state index contributed by atoms with van der Waals surface area (Å²) in [6, 6.07) is -3.48. The maximum Gasteiger partial charge on any atom is 0.408 e. The van der Waals surface area contributed by atoms with Gasteiger partial charge in [0.15, 0.2) is 0 Å². The zero-order valence-electron chi connectivity index (χ0n) is 26.8. The van der Waals surface area contributed by atoms with Gasteiger partial charge in [-0.15, -0.1) is 0 Å². The molecule has 2 fully saturated rings. The summed E-state index contributed by atoms with van der Waals surface area (Å²) in [4.78, 5) is 76.1. The Kier molecular flexibility index (Phi) is 13.2. The predicted molar refractivity (Wildman–Crippen MR) is 158 cm³/mol. The molecule has 0 bridgehead atoms. The van der Waals surface area contributed by atoms with Crippen LogP contribution in [0.1, 0.15) is 93.4 Å². The molecule has 0 aromatic carbocycles. The number of hydrogen-bond donors (Lipinski definition) is 5. The van der Waals surface area contributed by atoms with Crippen LogP contribution in [0.25, 0.3) is 0 Å². The molecule has 13 nitrogen and oxygen atoms in total. The molecule has 0 saturated heterocycles. The van der Waals surface area contributed by atoms with E-state index in [-0.39, 0.29) is 17.7 Å². The second kappa shape index (κ2) is 15.9. The summed E-state index contributed by atoms with van der Waals surface area (Å²) < 4.78 is 9.90. The average Bonchev–Trinajstić information content (AvgIpc) is 2.91. The lowest BCUT2D eigenvalue weighted by atomic mass is 9.78. The molecule has 0 aliphatic heterocycles. The zero-order valence-corrected chi connectivity index (χ0v) is 26.8. The second-order valence-corrected chi connectivity index (χ2v) is 13.0. The highest BCUT2D eigenvalue weighted by molar-refractivity contribution is 5.91. The standard InChI is InChI=1S/C30H51N5O8/c1-16-13-14-21(27(39)32-19(4)28(40)42-8)23(15-16)35-24(36)17(2)31-26(38)20-11-9-10-12-22(20)34-25(37)18(3)33-29(41)43-30(5,6)7/h16-23H,9-15H2,1-8H3,(H,31,38)(H,32,39)(H,33,41)(H,34,37)(H,35,36)/t16-,17+,18+,19+,20+,21+,22-,23-/m1/s1. The van der Waals surface area contributed by atoms with Crippen molar-refractivity contribution in [2.75, 3.05) is 7.11 Å². The largest absolute Gasteiger partial charge is 0.467 e. The number of ether oxygens (including phenoxy) is 2. The number of amides is 5. The molecule has 2 saturated carbocycles. The van der Waals surface area contributed by atoms with Crippen LogP contribution in [-0.4, -0.2) is 78.6 Å². The molecular formula is C30H51N5O8. The van der Waals surface area contributed by atoms with E-state index in [1.165, 1.54) is 7.11 Å². The number of alkyl carbamates (subject to hydrolysis) is 1. The zero-order chi connectivity index (χ0) is 32.5. The molecule has 5 N–H and O–H groups in total. The van der Waals surface area contributed by atoms with Crippen LogP contribution in [0, 0.1) is 17.8 Å². The maximum absolute atomic E-state index is 13.3. The number of carbonyl (C=O) groups excluding carboxylic acids is 6. The summed E-state index contributed by atoms with van der Waals surface area (Å²) in [5.74, 6) is -2.87. The van der Waals surface area contributed by atoms with Gasteiger partial charge in [-0.2, -0.15) is 0 Å². The molecule has 2 aliphatic rings. The van der Waals surface area contributed by atoms with E-state index in [0.29, 0.717) is 25.7 Å². The van der Waals surface area contributed by atoms with Crippen LogP contribution < -0.4 is 26.6 Å². The summed E-state index contributed by atoms with van der Waals surface area (Å²) in [6.45, 7) is 11.9. The summed E-state index contributed by atoms with van der Waals surface area (Å²) in [5, 5.41) is 13.8. The molecule has 8 atom stereocenters. The van der Waals surface area contributed by atoms with Crippen molar-refractivity contribution in [3.05, 3.63) is 0 Å². The predicted octanol–water partition coefficient (Wildman–Crippen LogP) is 1.68. The minimum absolute atomic E-state index is 0.288. The van der Waals surface area contributed by atoms with Gasteiger partial charge < -0.3 is 36.1 Å². The van der Waals surface area contributed by atoms with Crippen LogP contribution in [0.4, 0.5) is 4.79 Å². The highest BCUT2D eigenvalue weighted by Crippen LogP contribution is 2.29. The fourth-order valence-electron chi connectivity index (χ4n) is 5.58. The number of rotatable bonds is 10. The van der Waals surface area contributed by atoms with Crippen molar-refractivity contribution >= 4 is 35.7 Å². The number of esters is 1. The van der Waals surface area contributed by atoms with Gasteiger partial charge in [0, 0.05) is 12.1 Å². The summed E-state index contributed by atoms with van der Waals surface area (Å²) >= 11 is 0. The Morgan fingerprint density at radius 1 is 0.698 bits per heavy atom. The van der Waals surface area contributed by atoms with Crippen LogP contribution in [-0.2, 0) is 33.4 Å². The fourth-order valence-corrected chi connectivity index (χ4v) is 5.58. The first-order chi connectivity index (χ1) is 20.0. The first-order valence-corrected chi connectivity index (χ1v) is 15.3. The lowest BCUT2D eigenvalue weighted by Crippen LogP contribution is -2.57. The first-order valence-electron chi connectivity index (χ1n) is 15.3. The normalized spacial score (nSPS) is 26.0. The Bertz CT molecular complexity index is 1030. The van der Waals surface area contributed by atoms with Gasteiger partial charge in [-0.25, -0.2) is 9.59 Å². The molecule has 2 rings (SSSR count). The van der Waals surface area contributed by atoms with Crippen molar-refractivity contribution < 1.29 is 38.2 Å². The van der Waals surface area contributed by atoms with Gasteiger partial charge in [0.05, 0.1) is 18.9 Å². The van der Waals surface area contributed by atoms with Crippen molar-refractivity contribution in [1.82, 2.24) is 26.6 Å². The molecule has 0 aromatic heterocycles. The van der Waals surface area contributed by atoms with Crippen molar-refractivity contribution in [2.24, 2.45) is 17.8 Å². The molecular weight excluding hydrogens is 558 g/mol. The second-order valence-electron chi connectivity index (χ2n) is 13.0. The Morgan fingerprint density at radius 2 is 1.21 bits per heavy atom. The van der Waals surface area contributed by atoms with Crippen molar-refractivity contribution in [3.8, 4) is 0 Å². The summed E-state index contributed by atoms with van der Waals surface area (Å²) in [7, 11) is 1.25. The number of hydrogen-bond acceptors (Lipinski definition) is 8. The third-order valence-corrected chi connectivity index (χ3v) is 8.00. The molecule has 244 valence electrons. The number of carbonyl (C=O) groups is 6. The van der Waals surface area contributed by atoms with Gasteiger partial charge in [0.1, 0.15) is 23.7 Å². The topological polar surface area (TPSA) is 181 Å². The highest BCUT2D eigenvalue weighted by Gasteiger charge is 2.38. The Morgan fingerprint density at radius 3 is 1.79 bits per heavy atom. The van der Waals surface area contributed by atoms with Gasteiger partial charge in [-0.1, -0.05) is 19.8 Å². The monoisotopic (exact) mass is 609 g/mol. The van der Waals surface area contributed by atoms with E-state index < -0.39 is 71.5 Å². The van der Waals surface area contributed by atoms with Crippen LogP contribution >= 0.6 is 0 Å². The number of methoxy groups -OCH3 is 1. The molecule has 43 heavy (non-hydrogen) atoms. The minimum atomic E-state index is -0.881. The van der Waals surface area contributed by atoms with Crippen LogP contribution in [0.2, 0.25) is 0 Å². The molecule has 0 spiro atoms. The van der Waals surface area contributed by atoms with Crippen molar-refractivity contribution in [2.45, 2.75) is 129 Å². The van der Waals surface area contributed by atoms with E-state index in [1.807, 2.05) is 0 Å². The number of nitrogens with one attached hydrogen (secondary N) is 5. The van der Waals surface area contributed by atoms with Crippen molar-refractivity contribution in [3.63, 3.8) is 0 Å². The van der Waals surface area contributed by atoms with E-state index in [2.05, 4.69) is 38.2 Å². The average molecular weight is 610 g/mol. The van der Waals surface area contributed by atoms with Crippen LogP contribution in [0.15, 0.2) is 0 Å². The van der Waals surface area contributed by atoms with Crippen LogP contribution in [0.5, 0.6) is 0 Å². The molecule has 13 heteroatoms. The van der Waals surface area contributed by atoms with Gasteiger partial charge in [-0.3, -0.25) is 19.2 Å². The molecule has 0 aromatic rings. The van der Waals surface area contributed by atoms with Crippen LogP contribution in [0.3, 0.4) is 0 Å². The van der Waals surface area contributed by atoms with E-state index in [9.17, 15) is 28.8 Å². The molecule has 5 amide bonds. The Hall–Kier alpha value is -3.38. The van der Waals surface area contributed by atoms with Crippen molar-refractivity contribution in [1.29, 1.82) is 0 Å². The molecule has 0 heterocycles. The highest BCUT2D eigenvalue weighted by atomic mass is 16.6. The fraction of sp³-hybridized carbons (Fsp3) is 0.800. The Balaban J connectivity index is 1.98. The van der Waals surface area contributed by atoms with E-state index in [0.717, 1.165) is 19.3 Å². The van der Waals surface area contributed by atoms with E-state index in [1.54, 1.807) is 41.5 Å². The first kappa shape index (κ1) is 35.8. The summed E-state index contributed by atoms with van der Waals surface area (Å²) in [6.07, 6.45) is 4.00. The smallest absolute Gasteiger partial charge is 0.408 e. The third kappa shape index (κ3) is 11.3. The molecule has 0 radical (unpaired) electrons. The van der Waals surface area contributed by atoms with Gasteiger partial charge in [0.2, 0.25) is 23.6 Å². The molecule has 0 unspecified atom stereocenters. The summed E-state index contributed by atoms with van der Waals surface area (Å²) in [5.41, 5.74) is -0.707. The molecule has 2 aliphatic carbocycles. The third-order valence-electron chi connectivity index (χ3n) is 8.00. The van der Waals surface area contributed by atoms with E-state index in [4.69, 9.17) is 4.74 Å². The SMILES string of the molecule is COC(=O)[C@H](C)NC(=O)[C@H]1CC[C@@H](C)C[C@H]1NC(=O)[C@H](C)NC(=O)[C@H]1CCCC[C@H]1NC(=O)[C@H](C)NC(=O)OC(C)(C)C. The quantitative estimate of drug-likeness (QED) is 0.232. The lowest BCUT2D eigenvalue weighted by Gasteiger charge is -2.36. The van der Waals surface area contributed by atoms with Gasteiger partial charge in [0.25, 0.3) is 0 Å². The van der Waals surface area contributed by atoms with Gasteiger partial charge in [-0.05, 0) is 79.6 Å².